The molecular weight excluding hydrogens is 1330 g/mol. The van der Waals surface area contributed by atoms with Crippen molar-refractivity contribution in [2.24, 2.45) is 7.05 Å². The van der Waals surface area contributed by atoms with Crippen LogP contribution in [0.3, 0.4) is 0 Å². The molecule has 4 aliphatic rings. The predicted octanol–water partition coefficient (Wildman–Crippen LogP) is 10.2. The van der Waals surface area contributed by atoms with Gasteiger partial charge in [0.25, 0.3) is 0 Å². The first kappa shape index (κ1) is 49.7. The summed E-state index contributed by atoms with van der Waals surface area (Å²) in [5.74, 6) is 5.87. The van der Waals surface area contributed by atoms with Crippen LogP contribution >= 0.6 is 0 Å². The molecule has 0 fully saturated rings. The Kier molecular flexibility index (Phi) is 11.9. The molecule has 9 nitrogen and oxygen atoms in total. The molecule has 0 bridgehead atoms. The van der Waals surface area contributed by atoms with E-state index in [1.165, 1.54) is 44.5 Å². The molecule has 4 aliphatic heterocycles. The van der Waals surface area contributed by atoms with E-state index in [4.69, 9.17) is 29.1 Å². The van der Waals surface area contributed by atoms with Crippen LogP contribution in [0.5, 0.6) is 46.0 Å². The number of rotatable bonds is 6. The van der Waals surface area contributed by atoms with Crippen LogP contribution in [0.1, 0.15) is 33.4 Å². The first-order chi connectivity index (χ1) is 37.0. The minimum Gasteiger partial charge on any atom is -0.520 e. The Morgan fingerprint density at radius 1 is 0.436 bits per heavy atom. The van der Waals surface area contributed by atoms with Gasteiger partial charge in [-0.15, -0.1) is 58.2 Å². The van der Waals surface area contributed by atoms with Gasteiger partial charge in [0.15, 0.2) is 0 Å². The van der Waals surface area contributed by atoms with E-state index in [1.807, 2.05) is 118 Å². The Bertz CT molecular complexity index is 4250. The van der Waals surface area contributed by atoms with Crippen LogP contribution in [0.4, 0.5) is 0 Å². The first-order valence-corrected chi connectivity index (χ1v) is 25.5. The Morgan fingerprint density at radius 2 is 0.821 bits per heavy atom. The summed E-state index contributed by atoms with van der Waals surface area (Å²) in [6.07, 6.45) is 11.6. The van der Waals surface area contributed by atoms with Crippen molar-refractivity contribution < 1.29 is 61.1 Å². The third kappa shape index (κ3) is 7.83. The average molecular weight is 1370 g/mol. The second-order valence-electron chi connectivity index (χ2n) is 20.6. The zero-order chi connectivity index (χ0) is 51.2. The van der Waals surface area contributed by atoms with E-state index < -0.39 is 0 Å². The fourth-order valence-electron chi connectivity index (χ4n) is 12.3. The summed E-state index contributed by atoms with van der Waals surface area (Å²) in [5, 5.41) is 9.70. The molecule has 8 aromatic carbocycles. The summed E-state index contributed by atoms with van der Waals surface area (Å²) in [6.45, 7) is 12.3. The molecule has 0 radical (unpaired) electrons. The molecule has 15 rings (SSSR count). The fraction of sp³-hybridized carbons (Fsp3) is 0.108. The summed E-state index contributed by atoms with van der Waals surface area (Å²) in [6, 6.07) is 55.8. The van der Waals surface area contributed by atoms with E-state index in [1.54, 1.807) is 0 Å². The maximum atomic E-state index is 6.63. The van der Waals surface area contributed by atoms with Crippen LogP contribution in [-0.4, -0.2) is 37.6 Å². The predicted molar refractivity (Wildman–Crippen MR) is 298 cm³/mol. The zero-order valence-corrected chi connectivity index (χ0v) is 47.9. The Labute approximate surface area is 482 Å². The number of aromatic nitrogens is 5. The van der Waals surface area contributed by atoms with Gasteiger partial charge in [-0.1, -0.05) is 47.5 Å². The Hall–Kier alpha value is -7.83. The van der Waals surface area contributed by atoms with Crippen molar-refractivity contribution in [1.82, 2.24) is 24.1 Å². The molecule has 11 aromatic rings. The standard InChI is InChI=1S/C65H43B2N5O4.2Pt/c1-36-22-38(3)62(39(4)23-36)45-31-68-71(34-45)47-16-20-56-51(29-47)66-49-26-42(14-18-54(49)73-58-10-8-12-60(75-56)64(58)66)44-28-53(70(7)33-44)43-15-19-55-50(27-43)67-52-30-48(17-21-57(52)76-61-13-9-11-59(74-55)65(61)67)72-35-46(32-69-72)63-40(5)24-37(2)25-41(63)6;;/h8-25,31-32,34-35H,1-7H3;;/q-6;;. The molecule has 0 aliphatic carbocycles. The zero-order valence-electron chi connectivity index (χ0n) is 43.4. The van der Waals surface area contributed by atoms with Crippen LogP contribution < -0.4 is 51.7 Å². The van der Waals surface area contributed by atoms with Gasteiger partial charge >= 0.3 is 0 Å². The third-order valence-electron chi connectivity index (χ3n) is 15.4. The molecule has 0 amide bonds. The van der Waals surface area contributed by atoms with E-state index in [-0.39, 0.29) is 55.6 Å². The van der Waals surface area contributed by atoms with Crippen molar-refractivity contribution in [2.45, 2.75) is 41.5 Å². The minimum atomic E-state index is -0.281. The molecule has 0 saturated heterocycles. The first-order valence-electron chi connectivity index (χ1n) is 25.5. The van der Waals surface area contributed by atoms with E-state index in [9.17, 15) is 0 Å². The number of aryl methyl sites for hydroxylation is 7. The molecule has 0 atom stereocenters. The topological polar surface area (TPSA) is 77.5 Å². The van der Waals surface area contributed by atoms with Crippen LogP contribution in [-0.2, 0) is 49.2 Å². The molecule has 0 saturated carbocycles. The van der Waals surface area contributed by atoms with Crippen molar-refractivity contribution in [1.29, 1.82) is 0 Å². The van der Waals surface area contributed by atoms with Gasteiger partial charge in [0.2, 0.25) is 13.4 Å². The van der Waals surface area contributed by atoms with Gasteiger partial charge in [-0.3, -0.25) is 14.9 Å². The normalized spacial score (nSPS) is 12.7. The summed E-state index contributed by atoms with van der Waals surface area (Å²) in [5.41, 5.74) is 22.1. The van der Waals surface area contributed by atoms with Gasteiger partial charge < -0.3 is 40.7 Å². The SMILES string of the molecule is Cc1cc(C)c(-c2cnn(-c3[c-]c4c(cc3)Oc3cccc5c3B4c3[c-]c(-c4[c-]c(-c6[c-]c7c(cc6)Oc6cccc8c6B7c6[c-]c(-n7cc(-c9c(C)cc(C)cc9C)cn7)ccc6O8)n(C)[c-]4)ccc3O5)c2)c(C)c1.[Pt].[Pt]. The molecule has 0 N–H and O–H groups in total. The number of ether oxygens (including phenoxy) is 4. The summed E-state index contributed by atoms with van der Waals surface area (Å²) >= 11 is 0. The quantitative estimate of drug-likeness (QED) is 0.122. The van der Waals surface area contributed by atoms with Crippen molar-refractivity contribution in [3.63, 3.8) is 0 Å². The van der Waals surface area contributed by atoms with Crippen LogP contribution in [0.2, 0.25) is 0 Å². The van der Waals surface area contributed by atoms with Gasteiger partial charge in [-0.2, -0.15) is 22.3 Å². The number of hydrogen-bond acceptors (Lipinski definition) is 6. The van der Waals surface area contributed by atoms with E-state index in [0.29, 0.717) is 0 Å². The Morgan fingerprint density at radius 3 is 1.26 bits per heavy atom. The van der Waals surface area contributed by atoms with E-state index in [2.05, 4.69) is 115 Å². The van der Waals surface area contributed by atoms with Crippen molar-refractivity contribution >= 4 is 46.2 Å². The molecule has 7 heterocycles. The van der Waals surface area contributed by atoms with E-state index in [0.717, 1.165) is 124 Å². The summed E-state index contributed by atoms with van der Waals surface area (Å²) in [4.78, 5) is 0. The molecule has 384 valence electrons. The van der Waals surface area contributed by atoms with Crippen LogP contribution in [0.15, 0.2) is 134 Å². The van der Waals surface area contributed by atoms with E-state index >= 15 is 0 Å². The van der Waals surface area contributed by atoms with Gasteiger partial charge in [0, 0.05) is 99.6 Å². The van der Waals surface area contributed by atoms with Crippen molar-refractivity contribution in [2.75, 3.05) is 0 Å². The van der Waals surface area contributed by atoms with Crippen molar-refractivity contribution in [3.05, 3.63) is 204 Å². The monoisotopic (exact) mass is 1370 g/mol. The summed E-state index contributed by atoms with van der Waals surface area (Å²) in [7, 11) is 1.99. The second-order valence-corrected chi connectivity index (χ2v) is 20.6. The average Bonchev–Trinajstić information content (AvgIpc) is 4.23. The number of hydrogen-bond donors (Lipinski definition) is 0. The minimum absolute atomic E-state index is 0. The van der Waals surface area contributed by atoms with Gasteiger partial charge in [-0.05, 0) is 118 Å². The largest absolute Gasteiger partial charge is 0.520 e. The maximum absolute atomic E-state index is 6.63. The van der Waals surface area contributed by atoms with Gasteiger partial charge in [-0.25, -0.2) is 36.2 Å². The second kappa shape index (κ2) is 18.7. The molecule has 13 heteroatoms. The molecule has 0 spiro atoms. The van der Waals surface area contributed by atoms with Gasteiger partial charge in [0.05, 0.1) is 12.4 Å². The number of nitrogens with zero attached hydrogens (tertiary/aromatic N) is 5. The number of fused-ring (bicyclic) bond motifs is 8. The van der Waals surface area contributed by atoms with Crippen molar-refractivity contribution in [3.8, 4) is 102 Å². The summed E-state index contributed by atoms with van der Waals surface area (Å²) < 4.78 is 32.2. The van der Waals surface area contributed by atoms with Crippen LogP contribution in [0, 0.1) is 78.1 Å². The molecular formula is C65H43B2N5O4Pt2-6. The smallest absolute Gasteiger partial charge is 0.212 e. The maximum Gasteiger partial charge on any atom is 0.212 e. The number of benzene rings is 8. The Balaban J connectivity index is 0.00000289. The molecule has 78 heavy (non-hydrogen) atoms. The van der Waals surface area contributed by atoms with Crippen LogP contribution in [0.25, 0.3) is 56.0 Å². The van der Waals surface area contributed by atoms with Gasteiger partial charge in [0.1, 0.15) is 23.0 Å². The fourth-order valence-corrected chi connectivity index (χ4v) is 12.3. The molecule has 0 unspecified atom stereocenters. The third-order valence-corrected chi connectivity index (χ3v) is 15.4. The molecule has 3 aromatic heterocycles.